The van der Waals surface area contributed by atoms with Gasteiger partial charge in [-0.3, -0.25) is 0 Å². The number of benzene rings is 1. The highest BCUT2D eigenvalue weighted by atomic mass is 19.4. The van der Waals surface area contributed by atoms with Gasteiger partial charge in [0.2, 0.25) is 5.95 Å². The molecule has 1 heterocycles. The summed E-state index contributed by atoms with van der Waals surface area (Å²) < 4.78 is 53.2. The molecule has 0 radical (unpaired) electrons. The molecule has 0 spiro atoms. The van der Waals surface area contributed by atoms with Gasteiger partial charge in [-0.15, -0.1) is 13.2 Å². The van der Waals surface area contributed by atoms with E-state index in [0.717, 1.165) is 18.2 Å². The Morgan fingerprint density at radius 2 is 1.90 bits per heavy atom. The standard InChI is InChI=1S/C13H9F4NO2/c14-12-5-4-10(11(7-19)18-12)8-2-1-3-9(6-8)20-13(15,16)17/h1-6,19H,7H2. The molecule has 0 aliphatic heterocycles. The first-order valence-corrected chi connectivity index (χ1v) is 5.51. The number of aliphatic hydroxyl groups is 1. The molecule has 0 amide bonds. The lowest BCUT2D eigenvalue weighted by atomic mass is 10.0. The lowest BCUT2D eigenvalue weighted by Gasteiger charge is -2.11. The van der Waals surface area contributed by atoms with Crippen molar-refractivity contribution >= 4 is 0 Å². The van der Waals surface area contributed by atoms with Gasteiger partial charge in [-0.05, 0) is 29.8 Å². The van der Waals surface area contributed by atoms with E-state index < -0.39 is 24.7 Å². The predicted molar refractivity (Wildman–Crippen MR) is 62.2 cm³/mol. The van der Waals surface area contributed by atoms with Gasteiger partial charge in [0.15, 0.2) is 0 Å². The highest BCUT2D eigenvalue weighted by molar-refractivity contribution is 5.67. The average molecular weight is 287 g/mol. The summed E-state index contributed by atoms with van der Waals surface area (Å²) in [6.07, 6.45) is -4.79. The Morgan fingerprint density at radius 3 is 2.55 bits per heavy atom. The first-order chi connectivity index (χ1) is 9.39. The Labute approximate surface area is 111 Å². The van der Waals surface area contributed by atoms with E-state index in [0.29, 0.717) is 11.1 Å². The van der Waals surface area contributed by atoms with Crippen LogP contribution in [0.3, 0.4) is 0 Å². The molecule has 106 valence electrons. The summed E-state index contributed by atoms with van der Waals surface area (Å²) in [7, 11) is 0. The van der Waals surface area contributed by atoms with Crippen LogP contribution in [0.2, 0.25) is 0 Å². The monoisotopic (exact) mass is 287 g/mol. The first-order valence-electron chi connectivity index (χ1n) is 5.51. The molecule has 2 aromatic rings. The van der Waals surface area contributed by atoms with Crippen LogP contribution < -0.4 is 4.74 Å². The lowest BCUT2D eigenvalue weighted by Crippen LogP contribution is -2.17. The molecule has 1 aromatic carbocycles. The molecule has 1 aromatic heterocycles. The zero-order chi connectivity index (χ0) is 14.8. The van der Waals surface area contributed by atoms with Gasteiger partial charge in [0.1, 0.15) is 5.75 Å². The molecule has 0 saturated carbocycles. The molecule has 7 heteroatoms. The van der Waals surface area contributed by atoms with Gasteiger partial charge in [0.25, 0.3) is 0 Å². The molecule has 0 bridgehead atoms. The quantitative estimate of drug-likeness (QED) is 0.696. The van der Waals surface area contributed by atoms with Crippen molar-refractivity contribution in [3.05, 3.63) is 48.0 Å². The second-order valence-corrected chi connectivity index (χ2v) is 3.86. The smallest absolute Gasteiger partial charge is 0.406 e. The normalized spacial score (nSPS) is 11.4. The molecule has 0 atom stereocenters. The Kier molecular flexibility index (Phi) is 3.89. The molecule has 1 N–H and O–H groups in total. The molecule has 2 rings (SSSR count). The summed E-state index contributed by atoms with van der Waals surface area (Å²) in [5, 5.41) is 9.12. The van der Waals surface area contributed by atoms with Crippen LogP contribution >= 0.6 is 0 Å². The topological polar surface area (TPSA) is 42.4 Å². The number of aromatic nitrogens is 1. The molecule has 0 aliphatic rings. The second kappa shape index (κ2) is 5.46. The van der Waals surface area contributed by atoms with Gasteiger partial charge >= 0.3 is 6.36 Å². The number of hydrogen-bond acceptors (Lipinski definition) is 3. The number of halogens is 4. The zero-order valence-electron chi connectivity index (χ0n) is 9.99. The van der Waals surface area contributed by atoms with Gasteiger partial charge in [0, 0.05) is 5.56 Å². The van der Waals surface area contributed by atoms with E-state index in [9.17, 15) is 17.6 Å². The summed E-state index contributed by atoms with van der Waals surface area (Å²) in [6.45, 7) is -0.530. The van der Waals surface area contributed by atoms with Crippen LogP contribution in [0.5, 0.6) is 5.75 Å². The SMILES string of the molecule is OCc1nc(F)ccc1-c1cccc(OC(F)(F)F)c1. The van der Waals surface area contributed by atoms with Crippen LogP contribution in [0.15, 0.2) is 36.4 Å². The summed E-state index contributed by atoms with van der Waals surface area (Å²) in [6, 6.07) is 7.55. The minimum absolute atomic E-state index is 0.0363. The van der Waals surface area contributed by atoms with E-state index in [-0.39, 0.29) is 5.69 Å². The molecule has 0 fully saturated rings. The van der Waals surface area contributed by atoms with E-state index in [1.165, 1.54) is 18.2 Å². The minimum Gasteiger partial charge on any atom is -0.406 e. The van der Waals surface area contributed by atoms with Crippen molar-refractivity contribution in [3.8, 4) is 16.9 Å². The third kappa shape index (κ3) is 3.45. The highest BCUT2D eigenvalue weighted by Crippen LogP contribution is 2.29. The second-order valence-electron chi connectivity index (χ2n) is 3.86. The van der Waals surface area contributed by atoms with E-state index >= 15 is 0 Å². The molecule has 0 aliphatic carbocycles. The van der Waals surface area contributed by atoms with Crippen molar-refractivity contribution in [1.29, 1.82) is 0 Å². The average Bonchev–Trinajstić information content (AvgIpc) is 2.36. The van der Waals surface area contributed by atoms with Crippen LogP contribution in [0.25, 0.3) is 11.1 Å². The van der Waals surface area contributed by atoms with Gasteiger partial charge in [-0.2, -0.15) is 4.39 Å². The number of alkyl halides is 3. The molecule has 0 saturated heterocycles. The number of ether oxygens (including phenoxy) is 1. The van der Waals surface area contributed by atoms with Crippen molar-refractivity contribution < 1.29 is 27.4 Å². The number of rotatable bonds is 3. The number of hydrogen-bond donors (Lipinski definition) is 1. The van der Waals surface area contributed by atoms with Crippen LogP contribution in [0.1, 0.15) is 5.69 Å². The van der Waals surface area contributed by atoms with Crippen molar-refractivity contribution in [2.45, 2.75) is 13.0 Å². The van der Waals surface area contributed by atoms with Crippen molar-refractivity contribution in [2.24, 2.45) is 0 Å². The summed E-state index contributed by atoms with van der Waals surface area (Å²) in [4.78, 5) is 3.49. The summed E-state index contributed by atoms with van der Waals surface area (Å²) in [5.41, 5.74) is 0.707. The minimum atomic E-state index is -4.79. The van der Waals surface area contributed by atoms with Gasteiger partial charge in [-0.25, -0.2) is 4.98 Å². The van der Waals surface area contributed by atoms with Crippen LogP contribution in [0.4, 0.5) is 17.6 Å². The van der Waals surface area contributed by atoms with Crippen LogP contribution in [0, 0.1) is 5.95 Å². The Balaban J connectivity index is 2.41. The summed E-state index contributed by atoms with van der Waals surface area (Å²) >= 11 is 0. The third-order valence-corrected chi connectivity index (χ3v) is 2.47. The maximum absolute atomic E-state index is 13.0. The fraction of sp³-hybridized carbons (Fsp3) is 0.154. The Bertz CT molecular complexity index is 614. The first kappa shape index (κ1) is 14.3. The highest BCUT2D eigenvalue weighted by Gasteiger charge is 2.31. The van der Waals surface area contributed by atoms with Gasteiger partial charge < -0.3 is 9.84 Å². The maximum atomic E-state index is 13.0. The van der Waals surface area contributed by atoms with Gasteiger partial charge in [0.05, 0.1) is 12.3 Å². The Hall–Kier alpha value is -2.15. The maximum Gasteiger partial charge on any atom is 0.573 e. The van der Waals surface area contributed by atoms with E-state index in [2.05, 4.69) is 9.72 Å². The van der Waals surface area contributed by atoms with E-state index in [1.54, 1.807) is 0 Å². The van der Waals surface area contributed by atoms with Gasteiger partial charge in [-0.1, -0.05) is 12.1 Å². The molecule has 3 nitrogen and oxygen atoms in total. The molecular weight excluding hydrogens is 278 g/mol. The number of pyridine rings is 1. The Morgan fingerprint density at radius 1 is 1.15 bits per heavy atom. The van der Waals surface area contributed by atoms with Crippen molar-refractivity contribution in [1.82, 2.24) is 4.98 Å². The lowest BCUT2D eigenvalue weighted by molar-refractivity contribution is -0.274. The number of nitrogens with zero attached hydrogens (tertiary/aromatic N) is 1. The van der Waals surface area contributed by atoms with Crippen LogP contribution in [-0.4, -0.2) is 16.5 Å². The predicted octanol–water partition coefficient (Wildman–Crippen LogP) is 3.28. The largest absolute Gasteiger partial charge is 0.573 e. The number of aliphatic hydroxyl groups excluding tert-OH is 1. The van der Waals surface area contributed by atoms with Crippen molar-refractivity contribution in [3.63, 3.8) is 0 Å². The summed E-state index contributed by atoms with van der Waals surface area (Å²) in [5.74, 6) is -1.18. The van der Waals surface area contributed by atoms with E-state index in [1.807, 2.05) is 0 Å². The molecule has 20 heavy (non-hydrogen) atoms. The molecular formula is C13H9F4NO2. The van der Waals surface area contributed by atoms with Crippen molar-refractivity contribution in [2.75, 3.05) is 0 Å². The zero-order valence-corrected chi connectivity index (χ0v) is 9.99. The fourth-order valence-electron chi connectivity index (χ4n) is 1.72. The fourth-order valence-corrected chi connectivity index (χ4v) is 1.72. The third-order valence-electron chi connectivity index (χ3n) is 2.47. The van der Waals surface area contributed by atoms with Crippen LogP contribution in [-0.2, 0) is 6.61 Å². The van der Waals surface area contributed by atoms with E-state index in [4.69, 9.17) is 5.11 Å². The molecule has 0 unspecified atom stereocenters.